The fraction of sp³-hybridized carbons (Fsp3) is 0.316. The maximum atomic E-state index is 12.4. The van der Waals surface area contributed by atoms with E-state index in [0.717, 1.165) is 33.0 Å². The Morgan fingerprint density at radius 1 is 1.27 bits per heavy atom. The Kier molecular flexibility index (Phi) is 5.08. The molecule has 1 unspecified atom stereocenters. The normalized spacial score (nSPS) is 16.8. The Labute approximate surface area is 155 Å². The zero-order chi connectivity index (χ0) is 18.8. The van der Waals surface area contributed by atoms with Gasteiger partial charge in [0.1, 0.15) is 4.88 Å². The number of nitrogens with zero attached hydrogens (tertiary/aromatic N) is 1. The summed E-state index contributed by atoms with van der Waals surface area (Å²) in [6, 6.07) is 9.02. The standard InChI is InChI=1S/C19H20N2O4S/c1-11-4-3-5-15(12(11)2)21-10-13(8-17(21)22)18(23)20-9-14-6-7-16(26-14)19(24)25/h3-7,13H,8-10H2,1-2H3,(H,20,23)(H,24,25). The first-order valence-corrected chi connectivity index (χ1v) is 9.14. The molecule has 2 heterocycles. The predicted octanol–water partition coefficient (Wildman–Crippen LogP) is 2.73. The number of carbonyl (C=O) groups excluding carboxylic acids is 2. The number of carboxylic acids is 1. The summed E-state index contributed by atoms with van der Waals surface area (Å²) in [6.07, 6.45) is 0.185. The lowest BCUT2D eigenvalue weighted by Gasteiger charge is -2.20. The van der Waals surface area contributed by atoms with Crippen LogP contribution in [0, 0.1) is 19.8 Å². The van der Waals surface area contributed by atoms with Gasteiger partial charge in [0.2, 0.25) is 11.8 Å². The van der Waals surface area contributed by atoms with Crippen LogP contribution >= 0.6 is 11.3 Å². The number of nitrogens with one attached hydrogen (secondary N) is 1. The molecule has 1 aromatic heterocycles. The molecule has 0 spiro atoms. The van der Waals surface area contributed by atoms with Crippen molar-refractivity contribution < 1.29 is 19.5 Å². The molecule has 1 aliphatic rings. The minimum absolute atomic E-state index is 0.0527. The average molecular weight is 372 g/mol. The highest BCUT2D eigenvalue weighted by atomic mass is 32.1. The molecule has 0 bridgehead atoms. The van der Waals surface area contributed by atoms with Gasteiger partial charge in [-0.1, -0.05) is 12.1 Å². The van der Waals surface area contributed by atoms with Gasteiger partial charge >= 0.3 is 5.97 Å². The van der Waals surface area contributed by atoms with Crippen LogP contribution in [-0.2, 0) is 16.1 Å². The summed E-state index contributed by atoms with van der Waals surface area (Å²) in [5.74, 6) is -1.61. The van der Waals surface area contributed by atoms with Crippen molar-refractivity contribution in [1.29, 1.82) is 0 Å². The van der Waals surface area contributed by atoms with Gasteiger partial charge in [-0.2, -0.15) is 0 Å². The molecule has 1 aromatic carbocycles. The molecule has 1 saturated heterocycles. The van der Waals surface area contributed by atoms with E-state index < -0.39 is 11.9 Å². The number of amides is 2. The molecule has 6 nitrogen and oxygen atoms in total. The number of carbonyl (C=O) groups is 3. The lowest BCUT2D eigenvalue weighted by atomic mass is 10.1. The first-order valence-electron chi connectivity index (χ1n) is 8.33. The predicted molar refractivity (Wildman–Crippen MR) is 99.5 cm³/mol. The van der Waals surface area contributed by atoms with Crippen molar-refractivity contribution in [3.63, 3.8) is 0 Å². The number of carboxylic acid groups (broad SMARTS) is 1. The van der Waals surface area contributed by atoms with Crippen LogP contribution in [-0.4, -0.2) is 29.4 Å². The van der Waals surface area contributed by atoms with E-state index in [2.05, 4.69) is 5.32 Å². The fourth-order valence-electron chi connectivity index (χ4n) is 3.05. The number of aryl methyl sites for hydroxylation is 1. The van der Waals surface area contributed by atoms with Gasteiger partial charge in [-0.15, -0.1) is 11.3 Å². The van der Waals surface area contributed by atoms with Crippen molar-refractivity contribution in [3.8, 4) is 0 Å². The number of aromatic carboxylic acids is 1. The van der Waals surface area contributed by atoms with Crippen LogP contribution in [0.4, 0.5) is 5.69 Å². The van der Waals surface area contributed by atoms with Crippen molar-refractivity contribution >= 4 is 34.8 Å². The van der Waals surface area contributed by atoms with Crippen LogP contribution in [0.2, 0.25) is 0 Å². The van der Waals surface area contributed by atoms with Gasteiger partial charge in [0.05, 0.1) is 12.5 Å². The molecule has 26 heavy (non-hydrogen) atoms. The van der Waals surface area contributed by atoms with Gasteiger partial charge in [0.25, 0.3) is 0 Å². The molecule has 0 aliphatic carbocycles. The number of hydrogen-bond donors (Lipinski definition) is 2. The molecule has 0 saturated carbocycles. The second kappa shape index (κ2) is 7.29. The Bertz CT molecular complexity index is 874. The summed E-state index contributed by atoms with van der Waals surface area (Å²) < 4.78 is 0. The summed E-state index contributed by atoms with van der Waals surface area (Å²) in [6.45, 7) is 4.60. The molecule has 3 rings (SSSR count). The Morgan fingerprint density at radius 3 is 2.73 bits per heavy atom. The lowest BCUT2D eigenvalue weighted by Crippen LogP contribution is -2.32. The average Bonchev–Trinajstić information content (AvgIpc) is 3.22. The summed E-state index contributed by atoms with van der Waals surface area (Å²) in [4.78, 5) is 38.4. The van der Waals surface area contributed by atoms with Crippen molar-refractivity contribution in [2.75, 3.05) is 11.4 Å². The van der Waals surface area contributed by atoms with Gasteiger partial charge < -0.3 is 15.3 Å². The second-order valence-electron chi connectivity index (χ2n) is 6.41. The topological polar surface area (TPSA) is 86.7 Å². The number of benzene rings is 1. The van der Waals surface area contributed by atoms with Crippen LogP contribution < -0.4 is 10.2 Å². The second-order valence-corrected chi connectivity index (χ2v) is 7.58. The Hall–Kier alpha value is -2.67. The molecule has 2 aromatic rings. The Morgan fingerprint density at radius 2 is 2.04 bits per heavy atom. The number of rotatable bonds is 5. The zero-order valence-corrected chi connectivity index (χ0v) is 15.4. The first kappa shape index (κ1) is 18.1. The van der Waals surface area contributed by atoms with Gasteiger partial charge in [0, 0.05) is 23.5 Å². The van der Waals surface area contributed by atoms with E-state index >= 15 is 0 Å². The van der Waals surface area contributed by atoms with E-state index in [1.54, 1.807) is 11.0 Å². The number of anilines is 1. The Balaban J connectivity index is 1.63. The summed E-state index contributed by atoms with van der Waals surface area (Å²) >= 11 is 1.14. The fourth-order valence-corrected chi connectivity index (χ4v) is 3.84. The quantitative estimate of drug-likeness (QED) is 0.845. The van der Waals surface area contributed by atoms with Gasteiger partial charge in [-0.25, -0.2) is 4.79 Å². The van der Waals surface area contributed by atoms with Crippen LogP contribution in [0.15, 0.2) is 30.3 Å². The van der Waals surface area contributed by atoms with Crippen LogP contribution in [0.3, 0.4) is 0 Å². The van der Waals surface area contributed by atoms with Crippen molar-refractivity contribution in [1.82, 2.24) is 5.32 Å². The van der Waals surface area contributed by atoms with Crippen LogP contribution in [0.5, 0.6) is 0 Å². The lowest BCUT2D eigenvalue weighted by molar-refractivity contribution is -0.126. The van der Waals surface area contributed by atoms with Gasteiger partial charge in [-0.05, 0) is 43.2 Å². The van der Waals surface area contributed by atoms with E-state index in [-0.39, 0.29) is 29.7 Å². The maximum absolute atomic E-state index is 12.4. The largest absolute Gasteiger partial charge is 0.477 e. The van der Waals surface area contributed by atoms with E-state index in [1.807, 2.05) is 32.0 Å². The molecule has 1 atom stereocenters. The summed E-state index contributed by atoms with van der Waals surface area (Å²) in [5.41, 5.74) is 3.01. The van der Waals surface area contributed by atoms with Crippen molar-refractivity contribution in [3.05, 3.63) is 51.2 Å². The highest BCUT2D eigenvalue weighted by Gasteiger charge is 2.35. The maximum Gasteiger partial charge on any atom is 0.345 e. The molecule has 2 N–H and O–H groups in total. The minimum atomic E-state index is -0.974. The zero-order valence-electron chi connectivity index (χ0n) is 14.6. The minimum Gasteiger partial charge on any atom is -0.477 e. The smallest absolute Gasteiger partial charge is 0.345 e. The van der Waals surface area contributed by atoms with Crippen molar-refractivity contribution in [2.24, 2.45) is 5.92 Å². The van der Waals surface area contributed by atoms with Crippen LogP contribution in [0.1, 0.15) is 32.1 Å². The number of hydrogen-bond acceptors (Lipinski definition) is 4. The molecular weight excluding hydrogens is 352 g/mol. The molecule has 0 radical (unpaired) electrons. The van der Waals surface area contributed by atoms with Gasteiger partial charge in [0.15, 0.2) is 0 Å². The molecule has 136 valence electrons. The van der Waals surface area contributed by atoms with E-state index in [1.165, 1.54) is 6.07 Å². The first-order chi connectivity index (χ1) is 12.4. The molecular formula is C19H20N2O4S. The highest BCUT2D eigenvalue weighted by Crippen LogP contribution is 2.29. The molecule has 2 amide bonds. The third-order valence-electron chi connectivity index (χ3n) is 4.67. The van der Waals surface area contributed by atoms with E-state index in [4.69, 9.17) is 5.11 Å². The van der Waals surface area contributed by atoms with Crippen LogP contribution in [0.25, 0.3) is 0 Å². The van der Waals surface area contributed by atoms with E-state index in [9.17, 15) is 14.4 Å². The third-order valence-corrected chi connectivity index (χ3v) is 5.75. The molecule has 1 aliphatic heterocycles. The van der Waals surface area contributed by atoms with Gasteiger partial charge in [-0.3, -0.25) is 9.59 Å². The molecule has 7 heteroatoms. The van der Waals surface area contributed by atoms with Crippen molar-refractivity contribution in [2.45, 2.75) is 26.8 Å². The SMILES string of the molecule is Cc1cccc(N2CC(C(=O)NCc3ccc(C(=O)O)s3)CC2=O)c1C. The molecule has 1 fully saturated rings. The summed E-state index contributed by atoms with van der Waals surface area (Å²) in [7, 11) is 0. The summed E-state index contributed by atoms with van der Waals surface area (Å²) in [5, 5.41) is 11.7. The highest BCUT2D eigenvalue weighted by molar-refractivity contribution is 7.13. The monoisotopic (exact) mass is 372 g/mol. The van der Waals surface area contributed by atoms with E-state index in [0.29, 0.717) is 6.54 Å². The third kappa shape index (κ3) is 3.62. The number of thiophene rings is 1.